The Morgan fingerprint density at radius 1 is 0.935 bits per heavy atom. The Labute approximate surface area is 183 Å². The van der Waals surface area contributed by atoms with E-state index < -0.39 is 0 Å². The van der Waals surface area contributed by atoms with Gasteiger partial charge in [0.15, 0.2) is 0 Å². The molecule has 0 fully saturated rings. The van der Waals surface area contributed by atoms with Gasteiger partial charge in [-0.05, 0) is 73.7 Å². The van der Waals surface area contributed by atoms with E-state index in [2.05, 4.69) is 17.1 Å². The summed E-state index contributed by atoms with van der Waals surface area (Å²) in [5.41, 5.74) is 3.11. The molecule has 0 saturated carbocycles. The molecule has 1 N–H and O–H groups in total. The van der Waals surface area contributed by atoms with E-state index in [-0.39, 0.29) is 17.6 Å². The number of benzene rings is 2. The van der Waals surface area contributed by atoms with Gasteiger partial charge < -0.3 is 14.6 Å². The topological polar surface area (TPSA) is 68.7 Å². The number of carbonyl (C=O) groups is 1. The summed E-state index contributed by atoms with van der Waals surface area (Å²) in [5.74, 6) is 0.906. The first-order chi connectivity index (χ1) is 15.2. The summed E-state index contributed by atoms with van der Waals surface area (Å²) < 4.78 is 10.8. The molecule has 3 rings (SSSR count). The van der Waals surface area contributed by atoms with Gasteiger partial charge in [0.2, 0.25) is 0 Å². The number of esters is 1. The highest BCUT2D eigenvalue weighted by atomic mass is 16.5. The summed E-state index contributed by atoms with van der Waals surface area (Å²) in [6.45, 7) is 2.87. The normalized spacial score (nSPS) is 11.6. The molecular weight excluding hydrogens is 390 g/mol. The van der Waals surface area contributed by atoms with Crippen LogP contribution in [0.2, 0.25) is 0 Å². The maximum absolute atomic E-state index is 11.3. The second-order valence-corrected chi connectivity index (χ2v) is 7.31. The number of rotatable bonds is 11. The summed E-state index contributed by atoms with van der Waals surface area (Å²) in [7, 11) is 0. The fourth-order valence-corrected chi connectivity index (χ4v) is 3.48. The van der Waals surface area contributed by atoms with Gasteiger partial charge in [0, 0.05) is 12.6 Å². The van der Waals surface area contributed by atoms with Gasteiger partial charge in [-0.3, -0.25) is 9.78 Å². The minimum atomic E-state index is -0.130. The maximum Gasteiger partial charge on any atom is 0.305 e. The van der Waals surface area contributed by atoms with Crippen molar-refractivity contribution in [1.82, 2.24) is 4.98 Å². The van der Waals surface area contributed by atoms with Crippen LogP contribution in [0.4, 0.5) is 0 Å². The largest absolute Gasteiger partial charge is 0.508 e. The first kappa shape index (κ1) is 22.3. The molecule has 1 atom stereocenters. The van der Waals surface area contributed by atoms with Crippen LogP contribution in [0.1, 0.15) is 55.3 Å². The van der Waals surface area contributed by atoms with E-state index in [1.165, 1.54) is 0 Å². The number of phenols is 1. The van der Waals surface area contributed by atoms with Crippen molar-refractivity contribution in [2.24, 2.45) is 0 Å². The first-order valence-corrected chi connectivity index (χ1v) is 10.8. The van der Waals surface area contributed by atoms with Crippen LogP contribution in [0, 0.1) is 0 Å². The Kier molecular flexibility index (Phi) is 8.47. The quantitative estimate of drug-likeness (QED) is 0.330. The monoisotopic (exact) mass is 419 g/mol. The zero-order valence-electron chi connectivity index (χ0n) is 17.9. The molecule has 0 aliphatic carbocycles. The Bertz CT molecular complexity index is 924. The van der Waals surface area contributed by atoms with Crippen molar-refractivity contribution in [2.45, 2.75) is 38.5 Å². The number of pyridine rings is 1. The van der Waals surface area contributed by atoms with Gasteiger partial charge in [-0.2, -0.15) is 0 Å². The molecule has 162 valence electrons. The lowest BCUT2D eigenvalue weighted by Crippen LogP contribution is -2.06. The average molecular weight is 420 g/mol. The standard InChI is InChI=1S/C26H29NO4/c1-2-30-25(29)9-4-3-7-19-31-23-16-12-21(13-17-23)26(24-8-5-6-18-27-24)20-10-14-22(28)15-11-20/h5-6,8,10-18,26,28H,2-4,7,9,19H2,1H3. The van der Waals surface area contributed by atoms with Crippen LogP contribution in [-0.4, -0.2) is 29.3 Å². The van der Waals surface area contributed by atoms with E-state index in [9.17, 15) is 9.90 Å². The van der Waals surface area contributed by atoms with Crippen LogP contribution < -0.4 is 4.74 Å². The molecule has 1 unspecified atom stereocenters. The minimum absolute atomic E-state index is 0.0290. The van der Waals surface area contributed by atoms with Crippen LogP contribution in [0.25, 0.3) is 0 Å². The van der Waals surface area contributed by atoms with Crippen LogP contribution in [0.3, 0.4) is 0 Å². The van der Waals surface area contributed by atoms with Gasteiger partial charge in [0.1, 0.15) is 11.5 Å². The highest BCUT2D eigenvalue weighted by molar-refractivity contribution is 5.69. The van der Waals surface area contributed by atoms with E-state index >= 15 is 0 Å². The number of ether oxygens (including phenoxy) is 2. The lowest BCUT2D eigenvalue weighted by atomic mass is 9.88. The predicted molar refractivity (Wildman–Crippen MR) is 120 cm³/mol. The second-order valence-electron chi connectivity index (χ2n) is 7.31. The lowest BCUT2D eigenvalue weighted by molar-refractivity contribution is -0.143. The van der Waals surface area contributed by atoms with Crippen LogP contribution >= 0.6 is 0 Å². The number of phenolic OH excluding ortho intramolecular Hbond substituents is 1. The number of hydrogen-bond donors (Lipinski definition) is 1. The zero-order valence-corrected chi connectivity index (χ0v) is 17.9. The molecule has 0 radical (unpaired) electrons. The molecule has 5 heteroatoms. The van der Waals surface area contributed by atoms with Crippen molar-refractivity contribution < 1.29 is 19.4 Å². The van der Waals surface area contributed by atoms with Crippen molar-refractivity contribution in [1.29, 1.82) is 0 Å². The summed E-state index contributed by atoms with van der Waals surface area (Å²) in [6, 6.07) is 21.2. The third-order valence-electron chi connectivity index (χ3n) is 5.02. The molecule has 2 aromatic carbocycles. The highest BCUT2D eigenvalue weighted by Crippen LogP contribution is 2.32. The molecule has 0 aliphatic rings. The van der Waals surface area contributed by atoms with Crippen molar-refractivity contribution in [2.75, 3.05) is 13.2 Å². The number of aromatic hydroxyl groups is 1. The molecule has 0 bridgehead atoms. The average Bonchev–Trinajstić information content (AvgIpc) is 2.79. The van der Waals surface area contributed by atoms with Gasteiger partial charge in [-0.15, -0.1) is 0 Å². The molecule has 0 amide bonds. The van der Waals surface area contributed by atoms with Gasteiger partial charge in [-0.25, -0.2) is 0 Å². The first-order valence-electron chi connectivity index (χ1n) is 10.8. The SMILES string of the molecule is CCOC(=O)CCCCCOc1ccc(C(c2ccc(O)cc2)c2ccccn2)cc1. The van der Waals surface area contributed by atoms with E-state index in [1.807, 2.05) is 49.4 Å². The number of unbranched alkanes of at least 4 members (excludes halogenated alkanes) is 2. The third kappa shape index (κ3) is 6.85. The summed E-state index contributed by atoms with van der Waals surface area (Å²) >= 11 is 0. The number of hydrogen-bond acceptors (Lipinski definition) is 5. The smallest absolute Gasteiger partial charge is 0.305 e. The van der Waals surface area contributed by atoms with Crippen LogP contribution in [0.15, 0.2) is 72.9 Å². The number of nitrogens with zero attached hydrogens (tertiary/aromatic N) is 1. The summed E-state index contributed by atoms with van der Waals surface area (Å²) in [6.07, 6.45) is 4.90. The Hall–Kier alpha value is -3.34. The van der Waals surface area contributed by atoms with Gasteiger partial charge >= 0.3 is 5.97 Å². The minimum Gasteiger partial charge on any atom is -0.508 e. The van der Waals surface area contributed by atoms with Crippen molar-refractivity contribution in [3.8, 4) is 11.5 Å². The van der Waals surface area contributed by atoms with Gasteiger partial charge in [-0.1, -0.05) is 30.3 Å². The maximum atomic E-state index is 11.3. The third-order valence-corrected chi connectivity index (χ3v) is 5.02. The predicted octanol–water partition coefficient (Wildman–Crippen LogP) is 5.47. The highest BCUT2D eigenvalue weighted by Gasteiger charge is 2.18. The van der Waals surface area contributed by atoms with E-state index in [1.54, 1.807) is 18.3 Å². The molecule has 0 saturated heterocycles. The summed E-state index contributed by atoms with van der Waals surface area (Å²) in [5, 5.41) is 9.65. The molecule has 0 spiro atoms. The van der Waals surface area contributed by atoms with Crippen LogP contribution in [0.5, 0.6) is 11.5 Å². The number of carbonyl (C=O) groups excluding carboxylic acids is 1. The van der Waals surface area contributed by atoms with E-state index in [0.29, 0.717) is 19.6 Å². The summed E-state index contributed by atoms with van der Waals surface area (Å²) in [4.78, 5) is 15.9. The zero-order chi connectivity index (χ0) is 21.9. The molecule has 3 aromatic rings. The molecule has 5 nitrogen and oxygen atoms in total. The fourth-order valence-electron chi connectivity index (χ4n) is 3.48. The molecule has 0 aliphatic heterocycles. The molecule has 1 aromatic heterocycles. The molecule has 1 heterocycles. The van der Waals surface area contributed by atoms with Crippen molar-refractivity contribution in [3.05, 3.63) is 89.7 Å². The van der Waals surface area contributed by atoms with E-state index in [4.69, 9.17) is 9.47 Å². The molecule has 31 heavy (non-hydrogen) atoms. The Balaban J connectivity index is 1.59. The lowest BCUT2D eigenvalue weighted by Gasteiger charge is -2.18. The molecular formula is C26H29NO4. The fraction of sp³-hybridized carbons (Fsp3) is 0.308. The van der Waals surface area contributed by atoms with Crippen molar-refractivity contribution in [3.63, 3.8) is 0 Å². The van der Waals surface area contributed by atoms with Gasteiger partial charge in [0.25, 0.3) is 0 Å². The Morgan fingerprint density at radius 3 is 2.29 bits per heavy atom. The van der Waals surface area contributed by atoms with Gasteiger partial charge in [0.05, 0.1) is 24.8 Å². The number of aromatic nitrogens is 1. The second kappa shape index (κ2) is 11.7. The van der Waals surface area contributed by atoms with Crippen molar-refractivity contribution >= 4 is 5.97 Å². The van der Waals surface area contributed by atoms with E-state index in [0.717, 1.165) is 41.8 Å². The Morgan fingerprint density at radius 2 is 1.65 bits per heavy atom. The van der Waals surface area contributed by atoms with Crippen LogP contribution in [-0.2, 0) is 9.53 Å².